The van der Waals surface area contributed by atoms with Crippen molar-refractivity contribution in [2.24, 2.45) is 5.16 Å². The van der Waals surface area contributed by atoms with Crippen molar-refractivity contribution in [3.05, 3.63) is 0 Å². The highest BCUT2D eigenvalue weighted by Crippen LogP contribution is 1.85. The first-order chi connectivity index (χ1) is 5.00. The van der Waals surface area contributed by atoms with E-state index in [0.29, 0.717) is 0 Å². The van der Waals surface area contributed by atoms with Gasteiger partial charge in [0.15, 0.2) is 17.3 Å². The van der Waals surface area contributed by atoms with Crippen molar-refractivity contribution in [2.45, 2.75) is 13.8 Å². The van der Waals surface area contributed by atoms with Crippen LogP contribution >= 0.6 is 0 Å². The van der Waals surface area contributed by atoms with Gasteiger partial charge in [-0.25, -0.2) is 0 Å². The number of Topliss-reactive ketones (excluding diaryl/α,β-unsaturated/α-hetero) is 2. The van der Waals surface area contributed by atoms with Gasteiger partial charge in [-0.2, -0.15) is 0 Å². The molecule has 0 atom stereocenters. The van der Waals surface area contributed by atoms with Gasteiger partial charge < -0.3 is 5.21 Å². The third-order valence-electron chi connectivity index (χ3n) is 1.02. The minimum atomic E-state index is -0.604. The molecule has 0 saturated heterocycles. The van der Waals surface area contributed by atoms with Gasteiger partial charge in [-0.3, -0.25) is 15.0 Å². The Balaban J connectivity index is 4.69. The molecule has 0 aliphatic rings. The Hall–Kier alpha value is -1.52. The van der Waals surface area contributed by atoms with E-state index in [1.54, 1.807) is 0 Å². The molecule has 0 saturated carbocycles. The summed E-state index contributed by atoms with van der Waals surface area (Å²) in [5.74, 6) is -1.21. The van der Waals surface area contributed by atoms with Crippen molar-refractivity contribution in [1.29, 1.82) is 5.41 Å². The fraction of sp³-hybridized carbons (Fsp3) is 0.333. The van der Waals surface area contributed by atoms with E-state index < -0.39 is 23.0 Å². The van der Waals surface area contributed by atoms with Crippen LogP contribution in [-0.4, -0.2) is 28.2 Å². The molecule has 0 aromatic rings. The summed E-state index contributed by atoms with van der Waals surface area (Å²) in [7, 11) is 0. The molecule has 0 rings (SSSR count). The van der Waals surface area contributed by atoms with Crippen molar-refractivity contribution in [1.82, 2.24) is 0 Å². The van der Waals surface area contributed by atoms with E-state index in [2.05, 4.69) is 5.16 Å². The van der Waals surface area contributed by atoms with Crippen LogP contribution in [0.15, 0.2) is 5.16 Å². The maximum Gasteiger partial charge on any atom is 0.183 e. The quantitative estimate of drug-likeness (QED) is 0.342. The first-order valence-electron chi connectivity index (χ1n) is 2.83. The van der Waals surface area contributed by atoms with Gasteiger partial charge >= 0.3 is 0 Å². The van der Waals surface area contributed by atoms with Gasteiger partial charge in [-0.1, -0.05) is 5.16 Å². The predicted octanol–water partition coefficient (Wildman–Crippen LogP) is 0.0144. The smallest absolute Gasteiger partial charge is 0.183 e. The van der Waals surface area contributed by atoms with E-state index in [0.717, 1.165) is 13.8 Å². The molecule has 11 heavy (non-hydrogen) atoms. The van der Waals surface area contributed by atoms with Crippen molar-refractivity contribution < 1.29 is 14.8 Å². The molecule has 5 nitrogen and oxygen atoms in total. The maximum atomic E-state index is 10.5. The number of ketones is 2. The average Bonchev–Trinajstić information content (AvgIpc) is 1.88. The predicted molar refractivity (Wildman–Crippen MR) is 38.3 cm³/mol. The number of carbonyl (C=O) groups excluding carboxylic acids is 2. The summed E-state index contributed by atoms with van der Waals surface area (Å²) in [5, 5.41) is 17.7. The average molecular weight is 156 g/mol. The lowest BCUT2D eigenvalue weighted by atomic mass is 10.1. The SMILES string of the molecule is CC(=O)C(=N)/C(=N\O)C(C)=O. The molecule has 0 unspecified atom stereocenters. The minimum absolute atomic E-state index is 0.502. The number of rotatable bonds is 3. The summed E-state index contributed by atoms with van der Waals surface area (Å²) in [4.78, 5) is 21.0. The molecule has 0 amide bonds. The van der Waals surface area contributed by atoms with Crippen molar-refractivity contribution in [3.8, 4) is 0 Å². The van der Waals surface area contributed by atoms with Crippen molar-refractivity contribution >= 4 is 23.0 Å². The van der Waals surface area contributed by atoms with E-state index >= 15 is 0 Å². The number of hydrogen-bond donors (Lipinski definition) is 2. The Morgan fingerprint density at radius 2 is 1.73 bits per heavy atom. The second-order valence-corrected chi connectivity index (χ2v) is 1.94. The summed E-state index contributed by atoms with van der Waals surface area (Å²) in [6.45, 7) is 2.24. The van der Waals surface area contributed by atoms with Crippen LogP contribution in [0, 0.1) is 5.41 Å². The fourth-order valence-electron chi connectivity index (χ4n) is 0.463. The standard InChI is InChI=1S/C6H8N2O3/c1-3(9)5(7)6(8-11)4(2)10/h7,11H,1-2H3/b7-5?,8-6-. The topological polar surface area (TPSA) is 90.6 Å². The maximum absolute atomic E-state index is 10.5. The molecule has 2 N–H and O–H groups in total. The Morgan fingerprint density at radius 1 is 1.27 bits per heavy atom. The molecule has 5 heteroatoms. The molecule has 0 radical (unpaired) electrons. The van der Waals surface area contributed by atoms with Crippen LogP contribution in [0.2, 0.25) is 0 Å². The highest BCUT2D eigenvalue weighted by Gasteiger charge is 2.16. The van der Waals surface area contributed by atoms with Gasteiger partial charge in [-0.05, 0) is 0 Å². The molecule has 0 aliphatic heterocycles. The number of carbonyl (C=O) groups is 2. The Bertz CT molecular complexity index is 242. The molecule has 0 spiro atoms. The van der Waals surface area contributed by atoms with Crippen molar-refractivity contribution in [2.75, 3.05) is 0 Å². The Morgan fingerprint density at radius 3 is 1.82 bits per heavy atom. The second kappa shape index (κ2) is 3.60. The van der Waals surface area contributed by atoms with Crippen LogP contribution in [0.25, 0.3) is 0 Å². The number of hydrogen-bond acceptors (Lipinski definition) is 5. The largest absolute Gasteiger partial charge is 0.410 e. The number of nitrogens with one attached hydrogen (secondary N) is 1. The molecule has 0 heterocycles. The zero-order chi connectivity index (χ0) is 9.02. The van der Waals surface area contributed by atoms with Gasteiger partial charge in [0.25, 0.3) is 0 Å². The number of oxime groups is 1. The van der Waals surface area contributed by atoms with Crippen LogP contribution in [0.5, 0.6) is 0 Å². The summed E-state index contributed by atoms with van der Waals surface area (Å²) in [6, 6.07) is 0. The van der Waals surface area contributed by atoms with E-state index in [1.807, 2.05) is 0 Å². The normalized spacial score (nSPS) is 10.9. The van der Waals surface area contributed by atoms with Gasteiger partial charge in [0.1, 0.15) is 5.71 Å². The highest BCUT2D eigenvalue weighted by molar-refractivity contribution is 6.80. The van der Waals surface area contributed by atoms with E-state index in [4.69, 9.17) is 10.6 Å². The Kier molecular flexibility index (Phi) is 3.10. The molecule has 0 fully saturated rings. The van der Waals surface area contributed by atoms with Crippen LogP contribution in [0.3, 0.4) is 0 Å². The zero-order valence-corrected chi connectivity index (χ0v) is 6.21. The van der Waals surface area contributed by atoms with Crippen LogP contribution in [0.4, 0.5) is 0 Å². The van der Waals surface area contributed by atoms with Crippen LogP contribution < -0.4 is 0 Å². The number of nitrogens with zero attached hydrogens (tertiary/aromatic N) is 1. The highest BCUT2D eigenvalue weighted by atomic mass is 16.4. The van der Waals surface area contributed by atoms with Crippen LogP contribution in [0.1, 0.15) is 13.8 Å². The summed E-state index contributed by atoms with van der Waals surface area (Å²) < 4.78 is 0. The van der Waals surface area contributed by atoms with E-state index in [9.17, 15) is 9.59 Å². The Labute approximate surface area is 63.2 Å². The van der Waals surface area contributed by atoms with Gasteiger partial charge in [0.2, 0.25) is 0 Å². The molecule has 60 valence electrons. The lowest BCUT2D eigenvalue weighted by Crippen LogP contribution is -2.26. The fourth-order valence-corrected chi connectivity index (χ4v) is 0.463. The first-order valence-corrected chi connectivity index (χ1v) is 2.83. The van der Waals surface area contributed by atoms with Crippen molar-refractivity contribution in [3.63, 3.8) is 0 Å². The monoisotopic (exact) mass is 156 g/mol. The van der Waals surface area contributed by atoms with E-state index in [1.165, 1.54) is 0 Å². The third-order valence-corrected chi connectivity index (χ3v) is 1.02. The minimum Gasteiger partial charge on any atom is -0.410 e. The lowest BCUT2D eigenvalue weighted by Gasteiger charge is -1.96. The third kappa shape index (κ3) is 2.29. The molecule has 0 aliphatic carbocycles. The molecule has 0 aromatic carbocycles. The summed E-state index contributed by atoms with van der Waals surface area (Å²) in [5.41, 5.74) is -1.07. The molecule has 0 aromatic heterocycles. The molecular weight excluding hydrogens is 148 g/mol. The van der Waals surface area contributed by atoms with Gasteiger partial charge in [0.05, 0.1) is 0 Å². The summed E-state index contributed by atoms with van der Waals surface area (Å²) in [6.07, 6.45) is 0. The lowest BCUT2D eigenvalue weighted by molar-refractivity contribution is -0.112. The first kappa shape index (κ1) is 9.48. The summed E-state index contributed by atoms with van der Waals surface area (Å²) >= 11 is 0. The van der Waals surface area contributed by atoms with E-state index in [-0.39, 0.29) is 0 Å². The molecular formula is C6H8N2O3. The zero-order valence-electron chi connectivity index (χ0n) is 6.21. The van der Waals surface area contributed by atoms with Gasteiger partial charge in [-0.15, -0.1) is 0 Å². The second-order valence-electron chi connectivity index (χ2n) is 1.94. The van der Waals surface area contributed by atoms with Crippen LogP contribution in [-0.2, 0) is 9.59 Å². The molecule has 0 bridgehead atoms. The van der Waals surface area contributed by atoms with Gasteiger partial charge in [0, 0.05) is 13.8 Å².